The molecule has 6 rings (SSSR count). The lowest BCUT2D eigenvalue weighted by molar-refractivity contribution is -0.200. The van der Waals surface area contributed by atoms with Crippen LogP contribution in [0.3, 0.4) is 0 Å². The predicted molar refractivity (Wildman–Crippen MR) is 138 cm³/mol. The molecule has 0 amide bonds. The molecule has 6 nitrogen and oxygen atoms in total. The molecule has 2 heterocycles. The molecule has 36 heavy (non-hydrogen) atoms. The van der Waals surface area contributed by atoms with Gasteiger partial charge in [-0.05, 0) is 71.6 Å². The average molecular weight is 513 g/mol. The smallest absolute Gasteiger partial charge is 0.168 e. The number of aliphatic hydroxyl groups excluding tert-OH is 3. The zero-order valence-electron chi connectivity index (χ0n) is 20.9. The predicted octanol–water partition coefficient (Wildman–Crippen LogP) is 3.61. The SMILES string of the molecule is CS[C@H]1OC(c2ccc(C)c(Cc3ccc(C45CCC6(CC4C5)OCCO6)cc3)c2)[C@H](O)[C@@H](O)[C@@H]1O. The Morgan fingerprint density at radius 1 is 0.917 bits per heavy atom. The first kappa shape index (κ1) is 24.9. The van der Waals surface area contributed by atoms with E-state index in [1.807, 2.05) is 18.4 Å². The van der Waals surface area contributed by atoms with Crippen LogP contribution in [0.4, 0.5) is 0 Å². The van der Waals surface area contributed by atoms with Crippen molar-refractivity contribution in [3.63, 3.8) is 0 Å². The quantitative estimate of drug-likeness (QED) is 0.564. The highest BCUT2D eigenvalue weighted by atomic mass is 32.2. The third-order valence-corrected chi connectivity index (χ3v) is 9.84. The summed E-state index contributed by atoms with van der Waals surface area (Å²) in [6.07, 6.45) is 2.72. The third-order valence-electron chi connectivity index (χ3n) is 8.98. The van der Waals surface area contributed by atoms with E-state index in [0.717, 1.165) is 50.0 Å². The van der Waals surface area contributed by atoms with Gasteiger partial charge in [-0.1, -0.05) is 42.5 Å². The van der Waals surface area contributed by atoms with Gasteiger partial charge in [0.2, 0.25) is 0 Å². The first-order valence-electron chi connectivity index (χ1n) is 13.0. The van der Waals surface area contributed by atoms with E-state index in [4.69, 9.17) is 14.2 Å². The Hall–Kier alpha value is -1.45. The van der Waals surface area contributed by atoms with E-state index in [-0.39, 0.29) is 5.79 Å². The van der Waals surface area contributed by atoms with Crippen LogP contribution in [0.15, 0.2) is 42.5 Å². The molecule has 2 aromatic carbocycles. The zero-order valence-corrected chi connectivity index (χ0v) is 21.7. The second-order valence-electron chi connectivity index (χ2n) is 11.1. The zero-order chi connectivity index (χ0) is 25.1. The summed E-state index contributed by atoms with van der Waals surface area (Å²) in [4.78, 5) is 0. The van der Waals surface area contributed by atoms with Crippen LogP contribution in [0.1, 0.15) is 59.6 Å². The van der Waals surface area contributed by atoms with Crippen molar-refractivity contribution in [3.8, 4) is 0 Å². The second-order valence-corrected chi connectivity index (χ2v) is 12.0. The van der Waals surface area contributed by atoms with Gasteiger partial charge in [-0.25, -0.2) is 0 Å². The Morgan fingerprint density at radius 3 is 2.36 bits per heavy atom. The minimum Gasteiger partial charge on any atom is -0.387 e. The highest BCUT2D eigenvalue weighted by molar-refractivity contribution is 7.99. The van der Waals surface area contributed by atoms with Gasteiger partial charge in [-0.15, -0.1) is 11.8 Å². The fraction of sp³-hybridized carbons (Fsp3) is 0.586. The summed E-state index contributed by atoms with van der Waals surface area (Å²) >= 11 is 1.33. The maximum absolute atomic E-state index is 10.6. The van der Waals surface area contributed by atoms with Crippen LogP contribution in [0.2, 0.25) is 0 Å². The van der Waals surface area contributed by atoms with E-state index < -0.39 is 29.9 Å². The molecule has 7 atom stereocenters. The second kappa shape index (κ2) is 9.38. The van der Waals surface area contributed by atoms with Crippen LogP contribution >= 0.6 is 11.8 Å². The van der Waals surface area contributed by atoms with E-state index in [0.29, 0.717) is 11.3 Å². The molecule has 2 aliphatic carbocycles. The van der Waals surface area contributed by atoms with E-state index >= 15 is 0 Å². The summed E-state index contributed by atoms with van der Waals surface area (Å²) < 4.78 is 17.9. The third kappa shape index (κ3) is 4.23. The van der Waals surface area contributed by atoms with Crippen LogP contribution in [0, 0.1) is 12.8 Å². The number of hydrogen-bond donors (Lipinski definition) is 3. The summed E-state index contributed by atoms with van der Waals surface area (Å²) in [5, 5.41) is 31.2. The topological polar surface area (TPSA) is 88.4 Å². The fourth-order valence-corrected chi connectivity index (χ4v) is 7.32. The lowest BCUT2D eigenvalue weighted by atomic mass is 9.79. The maximum Gasteiger partial charge on any atom is 0.168 e. The Balaban J connectivity index is 1.17. The largest absolute Gasteiger partial charge is 0.387 e. The van der Waals surface area contributed by atoms with Crippen molar-refractivity contribution in [3.05, 3.63) is 70.3 Å². The molecular weight excluding hydrogens is 476 g/mol. The van der Waals surface area contributed by atoms with Crippen LogP contribution in [0.5, 0.6) is 0 Å². The van der Waals surface area contributed by atoms with Gasteiger partial charge < -0.3 is 29.5 Å². The number of aliphatic hydroxyl groups is 3. The molecular formula is C29H36O6S. The molecule has 2 saturated heterocycles. The number of aryl methyl sites for hydroxylation is 1. The van der Waals surface area contributed by atoms with Crippen molar-refractivity contribution in [2.45, 2.75) is 80.1 Å². The Kier molecular flexibility index (Phi) is 6.48. The van der Waals surface area contributed by atoms with Gasteiger partial charge in [0.05, 0.1) is 13.2 Å². The summed E-state index contributed by atoms with van der Waals surface area (Å²) in [7, 11) is 0. The number of thioether (sulfide) groups is 1. The first-order chi connectivity index (χ1) is 17.3. The summed E-state index contributed by atoms with van der Waals surface area (Å²) in [6.45, 7) is 3.54. The van der Waals surface area contributed by atoms with Crippen molar-refractivity contribution in [1.82, 2.24) is 0 Å². The molecule has 3 N–H and O–H groups in total. The molecule has 2 saturated carbocycles. The van der Waals surface area contributed by atoms with Gasteiger partial charge in [0, 0.05) is 12.8 Å². The van der Waals surface area contributed by atoms with Gasteiger partial charge in [0.15, 0.2) is 5.79 Å². The standard InChI is InChI=1S/C29H36O6S/c1-17-3-6-19(26-24(31)23(30)25(32)27(35-26)36-2)14-20(17)13-18-4-7-21(8-5-18)28-9-10-29(16-22(28)15-28)33-11-12-34-29/h3-8,14,22-27,30-32H,9-13,15-16H2,1-2H3/t22?,23-,24-,25+,26?,27-,28?/m1/s1. The number of rotatable bonds is 5. The molecule has 3 unspecified atom stereocenters. The molecule has 2 aromatic rings. The Labute approximate surface area is 217 Å². The number of fused-ring (bicyclic) bond motifs is 1. The van der Waals surface area contributed by atoms with Crippen molar-refractivity contribution in [1.29, 1.82) is 0 Å². The monoisotopic (exact) mass is 512 g/mol. The van der Waals surface area contributed by atoms with Crippen LogP contribution in [-0.2, 0) is 26.0 Å². The van der Waals surface area contributed by atoms with Gasteiger partial charge in [0.1, 0.15) is 29.9 Å². The summed E-state index contributed by atoms with van der Waals surface area (Å²) in [5.74, 6) is 0.335. The number of ether oxygens (including phenoxy) is 3. The molecule has 7 heteroatoms. The average Bonchev–Trinajstić information content (AvgIpc) is 3.44. The first-order valence-corrected chi connectivity index (χ1v) is 14.3. The van der Waals surface area contributed by atoms with E-state index in [1.54, 1.807) is 0 Å². The molecule has 0 aromatic heterocycles. The van der Waals surface area contributed by atoms with Crippen molar-refractivity contribution in [2.75, 3.05) is 19.5 Å². The fourth-order valence-electron chi connectivity index (χ4n) is 6.65. The molecule has 0 radical (unpaired) electrons. The molecule has 2 aliphatic heterocycles. The minimum absolute atomic E-state index is 0.294. The van der Waals surface area contributed by atoms with Crippen molar-refractivity contribution < 1.29 is 29.5 Å². The molecule has 0 bridgehead atoms. The number of benzene rings is 2. The molecule has 4 aliphatic rings. The molecule has 194 valence electrons. The maximum atomic E-state index is 10.6. The molecule has 4 fully saturated rings. The van der Waals surface area contributed by atoms with E-state index in [9.17, 15) is 15.3 Å². The van der Waals surface area contributed by atoms with Crippen LogP contribution in [-0.4, -0.2) is 64.3 Å². The normalized spacial score (nSPS) is 37.1. The van der Waals surface area contributed by atoms with Gasteiger partial charge in [-0.3, -0.25) is 0 Å². The van der Waals surface area contributed by atoms with Crippen molar-refractivity contribution in [2.24, 2.45) is 5.92 Å². The van der Waals surface area contributed by atoms with Gasteiger partial charge in [-0.2, -0.15) is 0 Å². The number of hydrogen-bond acceptors (Lipinski definition) is 7. The minimum atomic E-state index is -1.24. The molecule has 1 spiro atoms. The lowest BCUT2D eigenvalue weighted by Gasteiger charge is -2.40. The summed E-state index contributed by atoms with van der Waals surface area (Å²) in [6, 6.07) is 15.1. The Bertz CT molecular complexity index is 1100. The van der Waals surface area contributed by atoms with Crippen LogP contribution in [0.25, 0.3) is 0 Å². The van der Waals surface area contributed by atoms with Gasteiger partial charge in [0.25, 0.3) is 0 Å². The van der Waals surface area contributed by atoms with Crippen molar-refractivity contribution >= 4 is 11.8 Å². The van der Waals surface area contributed by atoms with Crippen LogP contribution < -0.4 is 0 Å². The summed E-state index contributed by atoms with van der Waals surface area (Å²) in [5.41, 5.74) is 5.53. The lowest BCUT2D eigenvalue weighted by Crippen LogP contribution is -2.52. The Morgan fingerprint density at radius 2 is 1.67 bits per heavy atom. The highest BCUT2D eigenvalue weighted by Crippen LogP contribution is 2.65. The van der Waals surface area contributed by atoms with Gasteiger partial charge >= 0.3 is 0 Å². The van der Waals surface area contributed by atoms with E-state index in [1.165, 1.54) is 34.9 Å². The highest BCUT2D eigenvalue weighted by Gasteiger charge is 2.62. The van der Waals surface area contributed by atoms with E-state index in [2.05, 4.69) is 37.3 Å².